The van der Waals surface area contributed by atoms with Crippen molar-refractivity contribution in [2.45, 2.75) is 17.7 Å². The predicted molar refractivity (Wildman–Crippen MR) is 62.2 cm³/mol. The minimum Gasteiger partial charge on any atom is -0.497 e. The highest BCUT2D eigenvalue weighted by molar-refractivity contribution is 7.98. The van der Waals surface area contributed by atoms with Crippen molar-refractivity contribution in [3.63, 3.8) is 0 Å². The summed E-state index contributed by atoms with van der Waals surface area (Å²) in [5, 5.41) is 0. The minimum absolute atomic E-state index is 0.406. The average Bonchev–Trinajstić information content (AvgIpc) is 2.27. The topological polar surface area (TPSA) is 35.2 Å². The van der Waals surface area contributed by atoms with Crippen molar-refractivity contribution in [1.29, 1.82) is 0 Å². The summed E-state index contributed by atoms with van der Waals surface area (Å²) in [6.45, 7) is 2.82. The van der Waals surface area contributed by atoms with Crippen LogP contribution in [-0.2, 0) is 0 Å². The highest BCUT2D eigenvalue weighted by Gasteiger charge is 2.09. The third-order valence-corrected chi connectivity index (χ3v) is 3.12. The molecule has 1 aromatic rings. The summed E-state index contributed by atoms with van der Waals surface area (Å²) in [6.07, 6.45) is 2.07. The Bertz CT molecular complexity index is 301. The molecule has 3 heteroatoms. The fourth-order valence-corrected chi connectivity index (χ4v) is 2.09. The molecule has 0 aliphatic carbocycles. The van der Waals surface area contributed by atoms with Gasteiger partial charge in [-0.05, 0) is 36.4 Å². The standard InChI is InChI=1S/C11H17NOS/c1-8(7-12)10-5-4-9(13-2)6-11(10)14-3/h4-6,8H,7,12H2,1-3H3. The number of benzene rings is 1. The van der Waals surface area contributed by atoms with Crippen molar-refractivity contribution in [3.05, 3.63) is 23.8 Å². The fraction of sp³-hybridized carbons (Fsp3) is 0.455. The summed E-state index contributed by atoms with van der Waals surface area (Å²) in [4.78, 5) is 1.25. The smallest absolute Gasteiger partial charge is 0.119 e. The van der Waals surface area contributed by atoms with Gasteiger partial charge < -0.3 is 10.5 Å². The van der Waals surface area contributed by atoms with Crippen LogP contribution in [0.1, 0.15) is 18.4 Å². The molecule has 1 rings (SSSR count). The molecule has 78 valence electrons. The second-order valence-electron chi connectivity index (χ2n) is 3.24. The Hall–Kier alpha value is -0.670. The Morgan fingerprint density at radius 3 is 2.71 bits per heavy atom. The molecule has 0 aliphatic rings. The van der Waals surface area contributed by atoms with Crippen LogP contribution < -0.4 is 10.5 Å². The predicted octanol–water partition coefficient (Wildman–Crippen LogP) is 2.48. The first kappa shape index (κ1) is 11.4. The SMILES string of the molecule is COc1ccc(C(C)CN)c(SC)c1. The average molecular weight is 211 g/mol. The maximum Gasteiger partial charge on any atom is 0.119 e. The Kier molecular flexibility index (Phi) is 4.29. The zero-order valence-corrected chi connectivity index (χ0v) is 9.73. The number of rotatable bonds is 4. The van der Waals surface area contributed by atoms with Crippen molar-refractivity contribution < 1.29 is 4.74 Å². The van der Waals surface area contributed by atoms with E-state index >= 15 is 0 Å². The number of hydrogen-bond donors (Lipinski definition) is 1. The van der Waals surface area contributed by atoms with Crippen LogP contribution in [-0.4, -0.2) is 19.9 Å². The summed E-state index contributed by atoms with van der Waals surface area (Å²) in [7, 11) is 1.69. The van der Waals surface area contributed by atoms with Gasteiger partial charge in [0.1, 0.15) is 5.75 Å². The Labute approximate surface area is 89.8 Å². The molecule has 0 heterocycles. The zero-order chi connectivity index (χ0) is 10.6. The van der Waals surface area contributed by atoms with E-state index < -0.39 is 0 Å². The minimum atomic E-state index is 0.406. The number of methoxy groups -OCH3 is 1. The van der Waals surface area contributed by atoms with Gasteiger partial charge in [0.25, 0.3) is 0 Å². The lowest BCUT2D eigenvalue weighted by molar-refractivity contribution is 0.413. The number of thioether (sulfide) groups is 1. The molecule has 1 aromatic carbocycles. The molecule has 0 aliphatic heterocycles. The zero-order valence-electron chi connectivity index (χ0n) is 8.91. The molecule has 2 N–H and O–H groups in total. The highest BCUT2D eigenvalue weighted by atomic mass is 32.2. The summed E-state index contributed by atoms with van der Waals surface area (Å²) in [5.74, 6) is 1.31. The Morgan fingerprint density at radius 2 is 2.21 bits per heavy atom. The molecule has 0 bridgehead atoms. The molecule has 0 radical (unpaired) electrons. The van der Waals surface area contributed by atoms with Crippen LogP contribution in [0.2, 0.25) is 0 Å². The van der Waals surface area contributed by atoms with E-state index in [0.717, 1.165) is 5.75 Å². The van der Waals surface area contributed by atoms with Crippen LogP contribution in [0.25, 0.3) is 0 Å². The van der Waals surface area contributed by atoms with Crippen LogP contribution in [0.5, 0.6) is 5.75 Å². The third-order valence-electron chi connectivity index (χ3n) is 2.33. The van der Waals surface area contributed by atoms with Gasteiger partial charge in [-0.3, -0.25) is 0 Å². The van der Waals surface area contributed by atoms with Gasteiger partial charge in [-0.1, -0.05) is 13.0 Å². The lowest BCUT2D eigenvalue weighted by atomic mass is 10.0. The first-order chi connectivity index (χ1) is 6.72. The molecular formula is C11H17NOS. The van der Waals surface area contributed by atoms with Gasteiger partial charge >= 0.3 is 0 Å². The van der Waals surface area contributed by atoms with Crippen LogP contribution in [0.15, 0.2) is 23.1 Å². The Morgan fingerprint density at radius 1 is 1.50 bits per heavy atom. The molecule has 14 heavy (non-hydrogen) atoms. The molecule has 1 atom stereocenters. The molecule has 0 saturated heterocycles. The lowest BCUT2D eigenvalue weighted by Crippen LogP contribution is -2.09. The molecule has 1 unspecified atom stereocenters. The normalized spacial score (nSPS) is 12.6. The molecule has 0 aromatic heterocycles. The van der Waals surface area contributed by atoms with Gasteiger partial charge in [0, 0.05) is 4.90 Å². The molecular weight excluding hydrogens is 194 g/mol. The van der Waals surface area contributed by atoms with E-state index in [1.165, 1.54) is 10.5 Å². The van der Waals surface area contributed by atoms with Gasteiger partial charge in [-0.2, -0.15) is 0 Å². The molecule has 0 saturated carbocycles. The van der Waals surface area contributed by atoms with Crippen molar-refractivity contribution in [3.8, 4) is 5.75 Å². The fourth-order valence-electron chi connectivity index (χ4n) is 1.35. The summed E-state index contributed by atoms with van der Waals surface area (Å²) in [6, 6.07) is 6.15. The van der Waals surface area contributed by atoms with Crippen molar-refractivity contribution in [2.75, 3.05) is 19.9 Å². The van der Waals surface area contributed by atoms with E-state index in [0.29, 0.717) is 12.5 Å². The van der Waals surface area contributed by atoms with Crippen LogP contribution in [0, 0.1) is 0 Å². The number of ether oxygens (including phenoxy) is 1. The number of hydrogen-bond acceptors (Lipinski definition) is 3. The van der Waals surface area contributed by atoms with Crippen molar-refractivity contribution in [2.24, 2.45) is 5.73 Å². The summed E-state index contributed by atoms with van der Waals surface area (Å²) >= 11 is 1.73. The monoisotopic (exact) mass is 211 g/mol. The first-order valence-corrected chi connectivity index (χ1v) is 5.87. The van der Waals surface area contributed by atoms with Crippen LogP contribution >= 0.6 is 11.8 Å². The van der Waals surface area contributed by atoms with Crippen LogP contribution in [0.3, 0.4) is 0 Å². The van der Waals surface area contributed by atoms with Gasteiger partial charge in [0.05, 0.1) is 7.11 Å². The van der Waals surface area contributed by atoms with Gasteiger partial charge in [0.2, 0.25) is 0 Å². The summed E-state index contributed by atoms with van der Waals surface area (Å²) in [5.41, 5.74) is 6.96. The molecule has 0 fully saturated rings. The van der Waals surface area contributed by atoms with E-state index in [9.17, 15) is 0 Å². The molecule has 2 nitrogen and oxygen atoms in total. The first-order valence-electron chi connectivity index (χ1n) is 4.65. The van der Waals surface area contributed by atoms with Gasteiger partial charge in [-0.25, -0.2) is 0 Å². The van der Waals surface area contributed by atoms with Crippen molar-refractivity contribution in [1.82, 2.24) is 0 Å². The maximum absolute atomic E-state index is 5.66. The van der Waals surface area contributed by atoms with E-state index in [1.54, 1.807) is 18.9 Å². The van der Waals surface area contributed by atoms with Gasteiger partial charge in [0.15, 0.2) is 0 Å². The van der Waals surface area contributed by atoms with Crippen LogP contribution in [0.4, 0.5) is 0 Å². The second kappa shape index (κ2) is 5.27. The molecule has 0 spiro atoms. The molecule has 0 amide bonds. The quantitative estimate of drug-likeness (QED) is 0.777. The Balaban J connectivity index is 3.04. The highest BCUT2D eigenvalue weighted by Crippen LogP contribution is 2.30. The third kappa shape index (κ3) is 2.42. The van der Waals surface area contributed by atoms with Crippen molar-refractivity contribution >= 4 is 11.8 Å². The van der Waals surface area contributed by atoms with E-state index in [4.69, 9.17) is 10.5 Å². The largest absolute Gasteiger partial charge is 0.497 e. The van der Waals surface area contributed by atoms with E-state index in [1.807, 2.05) is 6.07 Å². The summed E-state index contributed by atoms with van der Waals surface area (Å²) < 4.78 is 5.18. The van der Waals surface area contributed by atoms with E-state index in [2.05, 4.69) is 25.3 Å². The number of nitrogens with two attached hydrogens (primary N) is 1. The van der Waals surface area contributed by atoms with E-state index in [-0.39, 0.29) is 0 Å². The second-order valence-corrected chi connectivity index (χ2v) is 4.09. The maximum atomic E-state index is 5.66. The lowest BCUT2D eigenvalue weighted by Gasteiger charge is -2.14. The van der Waals surface area contributed by atoms with Gasteiger partial charge in [-0.15, -0.1) is 11.8 Å².